The predicted octanol–water partition coefficient (Wildman–Crippen LogP) is 0.313. The van der Waals surface area contributed by atoms with Crippen LogP contribution >= 0.6 is 0 Å². The Bertz CT molecular complexity index is 833. The number of fused-ring (bicyclic) bond motifs is 2. The lowest BCUT2D eigenvalue weighted by Crippen LogP contribution is -2.50. The van der Waals surface area contributed by atoms with Gasteiger partial charge in [0.25, 0.3) is 17.7 Å². The molecule has 3 heterocycles. The second-order valence-electron chi connectivity index (χ2n) is 6.61. The molecule has 0 aromatic heterocycles. The zero-order valence-electron chi connectivity index (χ0n) is 14.0. The highest BCUT2D eigenvalue weighted by Crippen LogP contribution is 2.32. The summed E-state index contributed by atoms with van der Waals surface area (Å²) >= 11 is 0. The number of rotatable bonds is 2. The highest BCUT2D eigenvalue weighted by molar-refractivity contribution is 6.23. The SMILES string of the molecule is O=C1CCC(=O)N1CC(=O)N1C(=O)[C@H]2CCCN2C(=O)c2ccccc21. The summed E-state index contributed by atoms with van der Waals surface area (Å²) in [4.78, 5) is 65.7. The molecule has 2 fully saturated rings. The number of nitrogens with zero attached hydrogens (tertiary/aromatic N) is 3. The lowest BCUT2D eigenvalue weighted by atomic mass is 10.1. The van der Waals surface area contributed by atoms with Crippen molar-refractivity contribution in [1.29, 1.82) is 0 Å². The fourth-order valence-corrected chi connectivity index (χ4v) is 3.80. The first kappa shape index (κ1) is 16.4. The molecule has 134 valence electrons. The van der Waals surface area contributed by atoms with E-state index in [4.69, 9.17) is 0 Å². The molecule has 0 bridgehead atoms. The van der Waals surface area contributed by atoms with Crippen LogP contribution in [0.2, 0.25) is 0 Å². The van der Waals surface area contributed by atoms with Gasteiger partial charge in [0.05, 0.1) is 11.3 Å². The first-order valence-electron chi connectivity index (χ1n) is 8.59. The van der Waals surface area contributed by atoms with Crippen LogP contribution < -0.4 is 4.90 Å². The summed E-state index contributed by atoms with van der Waals surface area (Å²) in [5, 5.41) is 0. The summed E-state index contributed by atoms with van der Waals surface area (Å²) in [6, 6.07) is 5.75. The van der Waals surface area contributed by atoms with Gasteiger partial charge in [-0.25, -0.2) is 4.90 Å². The molecule has 8 nitrogen and oxygen atoms in total. The topological polar surface area (TPSA) is 95.1 Å². The monoisotopic (exact) mass is 355 g/mol. The van der Waals surface area contributed by atoms with Crippen molar-refractivity contribution in [2.75, 3.05) is 18.0 Å². The van der Waals surface area contributed by atoms with Gasteiger partial charge >= 0.3 is 0 Å². The van der Waals surface area contributed by atoms with E-state index in [1.165, 1.54) is 4.90 Å². The van der Waals surface area contributed by atoms with Crippen LogP contribution in [0.4, 0.5) is 5.69 Å². The molecule has 0 spiro atoms. The van der Waals surface area contributed by atoms with E-state index in [0.29, 0.717) is 19.4 Å². The molecule has 0 N–H and O–H groups in total. The van der Waals surface area contributed by atoms with Crippen LogP contribution in [-0.2, 0) is 19.2 Å². The molecule has 0 saturated carbocycles. The second-order valence-corrected chi connectivity index (χ2v) is 6.61. The van der Waals surface area contributed by atoms with Crippen molar-refractivity contribution in [3.05, 3.63) is 29.8 Å². The van der Waals surface area contributed by atoms with Crippen molar-refractivity contribution in [3.63, 3.8) is 0 Å². The molecule has 5 amide bonds. The zero-order valence-corrected chi connectivity index (χ0v) is 14.0. The number of carbonyl (C=O) groups excluding carboxylic acids is 5. The summed E-state index contributed by atoms with van der Waals surface area (Å²) in [5.41, 5.74) is 0.485. The summed E-state index contributed by atoms with van der Waals surface area (Å²) in [6.45, 7) is -0.0205. The van der Waals surface area contributed by atoms with E-state index in [-0.39, 0.29) is 30.0 Å². The Morgan fingerprint density at radius 3 is 2.46 bits per heavy atom. The molecule has 1 aromatic carbocycles. The highest BCUT2D eigenvalue weighted by Gasteiger charge is 2.44. The maximum absolute atomic E-state index is 13.0. The molecule has 26 heavy (non-hydrogen) atoms. The Kier molecular flexibility index (Phi) is 3.82. The molecule has 1 atom stereocenters. The zero-order chi connectivity index (χ0) is 18.4. The van der Waals surface area contributed by atoms with E-state index >= 15 is 0 Å². The van der Waals surface area contributed by atoms with Gasteiger partial charge in [-0.15, -0.1) is 0 Å². The molecule has 4 rings (SSSR count). The number of anilines is 1. The van der Waals surface area contributed by atoms with Crippen LogP contribution in [0.5, 0.6) is 0 Å². The van der Waals surface area contributed by atoms with E-state index in [0.717, 1.165) is 9.80 Å². The van der Waals surface area contributed by atoms with E-state index in [2.05, 4.69) is 0 Å². The van der Waals surface area contributed by atoms with E-state index < -0.39 is 36.2 Å². The van der Waals surface area contributed by atoms with Crippen LogP contribution in [0.15, 0.2) is 24.3 Å². The van der Waals surface area contributed by atoms with Crippen molar-refractivity contribution >= 4 is 35.2 Å². The number of para-hydroxylation sites is 1. The van der Waals surface area contributed by atoms with Crippen molar-refractivity contribution in [1.82, 2.24) is 9.80 Å². The van der Waals surface area contributed by atoms with Crippen molar-refractivity contribution < 1.29 is 24.0 Å². The predicted molar refractivity (Wildman–Crippen MR) is 88.9 cm³/mol. The molecule has 3 aliphatic heterocycles. The molecule has 0 aliphatic carbocycles. The van der Waals surface area contributed by atoms with Gasteiger partial charge in [0, 0.05) is 19.4 Å². The summed E-state index contributed by atoms with van der Waals surface area (Å²) in [7, 11) is 0. The number of carbonyl (C=O) groups is 5. The van der Waals surface area contributed by atoms with E-state index in [1.807, 2.05) is 0 Å². The Labute approximate surface area is 149 Å². The highest BCUT2D eigenvalue weighted by atomic mass is 16.2. The number of hydrogen-bond acceptors (Lipinski definition) is 5. The third-order valence-electron chi connectivity index (χ3n) is 5.09. The van der Waals surface area contributed by atoms with Gasteiger partial charge in [-0.2, -0.15) is 0 Å². The largest absolute Gasteiger partial charge is 0.327 e. The van der Waals surface area contributed by atoms with Gasteiger partial charge in [-0.05, 0) is 25.0 Å². The number of benzene rings is 1. The molecule has 2 saturated heterocycles. The lowest BCUT2D eigenvalue weighted by Gasteiger charge is -2.25. The summed E-state index contributed by atoms with van der Waals surface area (Å²) < 4.78 is 0. The Morgan fingerprint density at radius 2 is 1.73 bits per heavy atom. The molecule has 3 aliphatic rings. The van der Waals surface area contributed by atoms with Crippen LogP contribution in [0.1, 0.15) is 36.0 Å². The second kappa shape index (κ2) is 6.05. The Balaban J connectivity index is 1.73. The van der Waals surface area contributed by atoms with Crippen molar-refractivity contribution in [2.45, 2.75) is 31.7 Å². The van der Waals surface area contributed by atoms with Crippen LogP contribution in [0.25, 0.3) is 0 Å². The third-order valence-corrected chi connectivity index (χ3v) is 5.09. The first-order valence-corrected chi connectivity index (χ1v) is 8.59. The maximum atomic E-state index is 13.0. The quantitative estimate of drug-likeness (QED) is 0.712. The number of amides is 5. The van der Waals surface area contributed by atoms with Gasteiger partial charge in [-0.1, -0.05) is 12.1 Å². The minimum Gasteiger partial charge on any atom is -0.327 e. The smallest absolute Gasteiger partial charge is 0.256 e. The Morgan fingerprint density at radius 1 is 1.04 bits per heavy atom. The molecule has 1 aromatic rings. The summed E-state index contributed by atoms with van der Waals surface area (Å²) in [6.07, 6.45) is 1.33. The third kappa shape index (κ3) is 2.40. The lowest BCUT2D eigenvalue weighted by molar-refractivity contribution is -0.142. The van der Waals surface area contributed by atoms with Crippen LogP contribution in [0.3, 0.4) is 0 Å². The van der Waals surface area contributed by atoms with Gasteiger partial charge in [-0.3, -0.25) is 28.9 Å². The Hall–Kier alpha value is -3.03. The molecular weight excluding hydrogens is 338 g/mol. The fraction of sp³-hybridized carbons (Fsp3) is 0.389. The molecule has 0 unspecified atom stereocenters. The fourth-order valence-electron chi connectivity index (χ4n) is 3.80. The standard InChI is InChI=1S/C18H17N3O5/c22-14-7-8-15(23)20(14)10-16(24)21-12-5-2-1-4-11(12)17(25)19-9-3-6-13(19)18(21)26/h1-2,4-5,13H,3,6-10H2/t13-/m1/s1. The average Bonchev–Trinajstić information content (AvgIpc) is 3.22. The van der Waals surface area contributed by atoms with Gasteiger partial charge in [0.2, 0.25) is 11.8 Å². The normalized spacial score (nSPS) is 22.6. The summed E-state index contributed by atoms with van der Waals surface area (Å²) in [5.74, 6) is -2.27. The molecular formula is C18H17N3O5. The number of imide groups is 2. The van der Waals surface area contributed by atoms with Crippen LogP contribution in [0, 0.1) is 0 Å². The van der Waals surface area contributed by atoms with Gasteiger partial charge in [0.15, 0.2) is 0 Å². The van der Waals surface area contributed by atoms with Crippen molar-refractivity contribution in [2.24, 2.45) is 0 Å². The van der Waals surface area contributed by atoms with Gasteiger partial charge < -0.3 is 4.90 Å². The maximum Gasteiger partial charge on any atom is 0.256 e. The van der Waals surface area contributed by atoms with Gasteiger partial charge in [0.1, 0.15) is 12.6 Å². The molecule has 0 radical (unpaired) electrons. The minimum atomic E-state index is -0.691. The van der Waals surface area contributed by atoms with E-state index in [9.17, 15) is 24.0 Å². The number of likely N-dealkylation sites (tertiary alicyclic amines) is 1. The minimum absolute atomic E-state index is 0.0749. The van der Waals surface area contributed by atoms with Crippen molar-refractivity contribution in [3.8, 4) is 0 Å². The van der Waals surface area contributed by atoms with Crippen LogP contribution in [-0.4, -0.2) is 58.5 Å². The first-order chi connectivity index (χ1) is 12.5. The van der Waals surface area contributed by atoms with E-state index in [1.54, 1.807) is 24.3 Å². The number of hydrogen-bond donors (Lipinski definition) is 0. The molecule has 8 heteroatoms. The average molecular weight is 355 g/mol.